The smallest absolute Gasteiger partial charge is 0.308 e. The van der Waals surface area contributed by atoms with Gasteiger partial charge in [-0.2, -0.15) is 0 Å². The van der Waals surface area contributed by atoms with Crippen LogP contribution in [0.2, 0.25) is 4.34 Å². The first-order valence-electron chi connectivity index (χ1n) is 5.30. The van der Waals surface area contributed by atoms with Crippen LogP contribution >= 0.6 is 34.7 Å². The predicted molar refractivity (Wildman–Crippen MR) is 75.3 cm³/mol. The second-order valence-corrected chi connectivity index (χ2v) is 6.53. The number of amides is 1. The molecule has 2 N–H and O–H groups in total. The predicted octanol–water partition coefficient (Wildman–Crippen LogP) is 2.47. The van der Waals surface area contributed by atoms with E-state index >= 15 is 0 Å². The minimum atomic E-state index is -0.906. The van der Waals surface area contributed by atoms with Crippen molar-refractivity contribution in [2.45, 2.75) is 12.7 Å². The molecule has 0 bridgehead atoms. The van der Waals surface area contributed by atoms with Crippen LogP contribution in [0.15, 0.2) is 12.1 Å². The van der Waals surface area contributed by atoms with Crippen molar-refractivity contribution in [2.24, 2.45) is 5.92 Å². The molecule has 0 spiro atoms. The fourth-order valence-electron chi connectivity index (χ4n) is 1.08. The summed E-state index contributed by atoms with van der Waals surface area (Å²) in [5.41, 5.74) is 0. The van der Waals surface area contributed by atoms with Gasteiger partial charge in [0.15, 0.2) is 0 Å². The lowest BCUT2D eigenvalue weighted by Gasteiger charge is -2.07. The zero-order valence-corrected chi connectivity index (χ0v) is 12.2. The van der Waals surface area contributed by atoms with Crippen LogP contribution in [0.5, 0.6) is 0 Å². The lowest BCUT2D eigenvalue weighted by molar-refractivity contribution is -0.141. The highest BCUT2D eigenvalue weighted by atomic mass is 35.5. The highest BCUT2D eigenvalue weighted by molar-refractivity contribution is 7.99. The molecule has 0 aliphatic carbocycles. The van der Waals surface area contributed by atoms with Gasteiger partial charge in [0.25, 0.3) is 0 Å². The molecule has 0 saturated heterocycles. The van der Waals surface area contributed by atoms with Crippen LogP contribution in [0.25, 0.3) is 0 Å². The first kappa shape index (κ1) is 15.3. The van der Waals surface area contributed by atoms with E-state index < -0.39 is 11.9 Å². The Labute approximate surface area is 119 Å². The van der Waals surface area contributed by atoms with Gasteiger partial charge in [-0.15, -0.1) is 23.1 Å². The number of hydrogen-bond donors (Lipinski definition) is 2. The number of carboxylic acids is 1. The summed E-state index contributed by atoms with van der Waals surface area (Å²) >= 11 is 8.77. The molecule has 1 atom stereocenters. The van der Waals surface area contributed by atoms with Crippen LogP contribution in [0.1, 0.15) is 11.8 Å². The van der Waals surface area contributed by atoms with Crippen molar-refractivity contribution in [3.8, 4) is 0 Å². The summed E-state index contributed by atoms with van der Waals surface area (Å²) in [6.07, 6.45) is 0. The highest BCUT2D eigenvalue weighted by Crippen LogP contribution is 2.24. The second-order valence-electron chi connectivity index (χ2n) is 3.74. The Morgan fingerprint density at radius 2 is 2.28 bits per heavy atom. The molecule has 0 radical (unpaired) electrons. The largest absolute Gasteiger partial charge is 0.481 e. The van der Waals surface area contributed by atoms with Crippen LogP contribution in [0.4, 0.5) is 0 Å². The zero-order valence-electron chi connectivity index (χ0n) is 9.81. The van der Waals surface area contributed by atoms with Gasteiger partial charge in [-0.25, -0.2) is 0 Å². The SMILES string of the molecule is CC(CNC(=O)CSCc1ccc(Cl)s1)C(=O)O. The minimum Gasteiger partial charge on any atom is -0.481 e. The highest BCUT2D eigenvalue weighted by Gasteiger charge is 2.12. The van der Waals surface area contributed by atoms with E-state index in [9.17, 15) is 9.59 Å². The summed E-state index contributed by atoms with van der Waals surface area (Å²) in [4.78, 5) is 23.1. The average Bonchev–Trinajstić information content (AvgIpc) is 2.71. The third-order valence-electron chi connectivity index (χ3n) is 2.13. The van der Waals surface area contributed by atoms with Gasteiger partial charge in [0.1, 0.15) is 0 Å². The Morgan fingerprint density at radius 3 is 2.83 bits per heavy atom. The molecule has 0 aliphatic heterocycles. The van der Waals surface area contributed by atoms with E-state index in [0.29, 0.717) is 5.75 Å². The fraction of sp³-hybridized carbons (Fsp3) is 0.455. The molecule has 0 aromatic carbocycles. The molecule has 0 aliphatic rings. The molecule has 7 heteroatoms. The van der Waals surface area contributed by atoms with E-state index in [1.165, 1.54) is 23.1 Å². The van der Waals surface area contributed by atoms with Gasteiger partial charge >= 0.3 is 5.97 Å². The van der Waals surface area contributed by atoms with Crippen molar-refractivity contribution < 1.29 is 14.7 Å². The van der Waals surface area contributed by atoms with Crippen molar-refractivity contribution in [2.75, 3.05) is 12.3 Å². The van der Waals surface area contributed by atoms with E-state index in [2.05, 4.69) is 5.32 Å². The molecule has 4 nitrogen and oxygen atoms in total. The molecule has 1 unspecified atom stereocenters. The average molecular weight is 308 g/mol. The standard InChI is InChI=1S/C11H14ClNO3S2/c1-7(11(15)16)4-13-10(14)6-17-5-8-2-3-9(12)18-8/h2-3,7H,4-6H2,1H3,(H,13,14)(H,15,16). The van der Waals surface area contributed by atoms with E-state index in [4.69, 9.17) is 16.7 Å². The number of carboxylic acid groups (broad SMARTS) is 1. The zero-order chi connectivity index (χ0) is 13.5. The Morgan fingerprint density at radius 1 is 1.56 bits per heavy atom. The van der Waals surface area contributed by atoms with Crippen LogP contribution in [0, 0.1) is 5.92 Å². The van der Waals surface area contributed by atoms with Crippen LogP contribution in [-0.2, 0) is 15.3 Å². The van der Waals surface area contributed by atoms with Gasteiger partial charge in [0, 0.05) is 17.2 Å². The number of carbonyl (C=O) groups is 2. The van der Waals surface area contributed by atoms with Gasteiger partial charge in [-0.05, 0) is 12.1 Å². The molecule has 1 aromatic rings. The van der Waals surface area contributed by atoms with Crippen molar-refractivity contribution in [1.82, 2.24) is 5.32 Å². The molecule has 1 amide bonds. The number of thioether (sulfide) groups is 1. The van der Waals surface area contributed by atoms with Gasteiger partial charge in [0.2, 0.25) is 5.91 Å². The fourth-order valence-corrected chi connectivity index (χ4v) is 3.13. The van der Waals surface area contributed by atoms with E-state index in [1.54, 1.807) is 6.92 Å². The quantitative estimate of drug-likeness (QED) is 0.812. The summed E-state index contributed by atoms with van der Waals surface area (Å²) in [5.74, 6) is -0.553. The molecular formula is C11H14ClNO3S2. The third kappa shape index (κ3) is 5.75. The number of nitrogens with one attached hydrogen (secondary N) is 1. The first-order chi connectivity index (χ1) is 8.49. The van der Waals surface area contributed by atoms with Crippen molar-refractivity contribution in [3.63, 3.8) is 0 Å². The van der Waals surface area contributed by atoms with E-state index in [-0.39, 0.29) is 12.5 Å². The summed E-state index contributed by atoms with van der Waals surface area (Å²) in [6.45, 7) is 1.73. The van der Waals surface area contributed by atoms with Gasteiger partial charge in [-0.3, -0.25) is 9.59 Å². The number of carbonyl (C=O) groups excluding carboxylic acids is 1. The second kappa shape index (κ2) is 7.66. The Bertz CT molecular complexity index is 422. The maximum absolute atomic E-state index is 11.4. The molecule has 1 aromatic heterocycles. The number of halogens is 1. The summed E-state index contributed by atoms with van der Waals surface area (Å²) in [5, 5.41) is 11.2. The molecule has 1 rings (SSSR count). The Balaban J connectivity index is 2.15. The topological polar surface area (TPSA) is 66.4 Å². The molecular weight excluding hydrogens is 294 g/mol. The van der Waals surface area contributed by atoms with Gasteiger partial charge < -0.3 is 10.4 Å². The molecule has 0 saturated carbocycles. The third-order valence-corrected chi connectivity index (χ3v) is 4.53. The first-order valence-corrected chi connectivity index (χ1v) is 7.65. The molecule has 18 heavy (non-hydrogen) atoms. The Kier molecular flexibility index (Phi) is 6.52. The summed E-state index contributed by atoms with van der Waals surface area (Å²) in [6, 6.07) is 3.77. The molecule has 100 valence electrons. The summed E-state index contributed by atoms with van der Waals surface area (Å²) < 4.78 is 0.741. The molecule has 0 fully saturated rings. The van der Waals surface area contributed by atoms with Crippen LogP contribution in [-0.4, -0.2) is 29.3 Å². The normalized spacial score (nSPS) is 12.1. The maximum Gasteiger partial charge on any atom is 0.308 e. The van der Waals surface area contributed by atoms with Gasteiger partial charge in [0.05, 0.1) is 16.0 Å². The van der Waals surface area contributed by atoms with Crippen LogP contribution in [0.3, 0.4) is 0 Å². The summed E-state index contributed by atoms with van der Waals surface area (Å²) in [7, 11) is 0. The lowest BCUT2D eigenvalue weighted by atomic mass is 10.2. The van der Waals surface area contributed by atoms with E-state index in [0.717, 1.165) is 15.0 Å². The number of thiophene rings is 1. The number of aliphatic carboxylic acids is 1. The van der Waals surface area contributed by atoms with E-state index in [1.807, 2.05) is 12.1 Å². The van der Waals surface area contributed by atoms with Gasteiger partial charge in [-0.1, -0.05) is 18.5 Å². The van der Waals surface area contributed by atoms with Crippen molar-refractivity contribution in [3.05, 3.63) is 21.3 Å². The maximum atomic E-state index is 11.4. The minimum absolute atomic E-state index is 0.143. The monoisotopic (exact) mass is 307 g/mol. The number of rotatable bonds is 7. The van der Waals surface area contributed by atoms with Crippen molar-refractivity contribution in [1.29, 1.82) is 0 Å². The van der Waals surface area contributed by atoms with Crippen molar-refractivity contribution >= 4 is 46.6 Å². The number of hydrogen-bond acceptors (Lipinski definition) is 4. The lowest BCUT2D eigenvalue weighted by Crippen LogP contribution is -2.32. The van der Waals surface area contributed by atoms with Crippen LogP contribution < -0.4 is 5.32 Å². The molecule has 1 heterocycles. The Hall–Kier alpha value is -0.720.